The molecule has 0 fully saturated rings. The van der Waals surface area contributed by atoms with E-state index in [1.54, 1.807) is 25.1 Å². The number of sulfone groups is 1. The molecule has 112 valence electrons. The number of aromatic carboxylic acids is 1. The fourth-order valence-corrected chi connectivity index (χ4v) is 2.73. The summed E-state index contributed by atoms with van der Waals surface area (Å²) >= 11 is 0. The Morgan fingerprint density at radius 3 is 2.60 bits per heavy atom. The molecule has 0 spiro atoms. The Kier molecular flexibility index (Phi) is 6.67. The molecule has 0 radical (unpaired) electrons. The maximum atomic E-state index is 11.3. The Morgan fingerprint density at radius 2 is 1.95 bits per heavy atom. The van der Waals surface area contributed by atoms with E-state index in [4.69, 9.17) is 5.11 Å². The van der Waals surface area contributed by atoms with Crippen molar-refractivity contribution < 1.29 is 18.3 Å². The van der Waals surface area contributed by atoms with Gasteiger partial charge in [0.15, 0.2) is 0 Å². The third-order valence-electron chi connectivity index (χ3n) is 3.07. The molecule has 1 rings (SSSR count). The molecule has 1 aromatic carbocycles. The minimum absolute atomic E-state index is 0.180. The Bertz CT molecular complexity index is 540. The normalized spacial score (nSPS) is 11.4. The summed E-state index contributed by atoms with van der Waals surface area (Å²) in [6, 6.07) is 6.91. The van der Waals surface area contributed by atoms with Crippen LogP contribution in [0.2, 0.25) is 0 Å². The van der Waals surface area contributed by atoms with E-state index in [0.717, 1.165) is 5.56 Å². The van der Waals surface area contributed by atoms with E-state index < -0.39 is 15.8 Å². The average Bonchev–Trinajstić information content (AvgIpc) is 2.43. The topological polar surface area (TPSA) is 83.5 Å². The number of carboxylic acid groups (broad SMARTS) is 1. The first-order valence-electron chi connectivity index (χ1n) is 6.68. The highest BCUT2D eigenvalue weighted by molar-refractivity contribution is 7.91. The van der Waals surface area contributed by atoms with E-state index in [2.05, 4.69) is 5.32 Å². The Labute approximate surface area is 119 Å². The van der Waals surface area contributed by atoms with Gasteiger partial charge in [-0.15, -0.1) is 0 Å². The van der Waals surface area contributed by atoms with Gasteiger partial charge in [-0.1, -0.05) is 25.1 Å². The van der Waals surface area contributed by atoms with Crippen molar-refractivity contribution in [3.63, 3.8) is 0 Å². The van der Waals surface area contributed by atoms with Gasteiger partial charge < -0.3 is 10.4 Å². The second-order valence-corrected chi connectivity index (χ2v) is 7.02. The summed E-state index contributed by atoms with van der Waals surface area (Å²) in [5.74, 6) is -0.545. The SMILES string of the molecule is CCS(=O)(=O)CCCNCCc1ccccc1C(=O)O. The quantitative estimate of drug-likeness (QED) is 0.672. The number of hydrogen-bond acceptors (Lipinski definition) is 4. The lowest BCUT2D eigenvalue weighted by molar-refractivity contribution is 0.0695. The third-order valence-corrected chi connectivity index (χ3v) is 4.86. The van der Waals surface area contributed by atoms with Crippen LogP contribution in [-0.4, -0.2) is 44.1 Å². The van der Waals surface area contributed by atoms with Crippen molar-refractivity contribution in [1.29, 1.82) is 0 Å². The Balaban J connectivity index is 2.30. The van der Waals surface area contributed by atoms with Crippen LogP contribution >= 0.6 is 0 Å². The molecule has 0 saturated carbocycles. The second-order valence-electron chi connectivity index (χ2n) is 4.55. The summed E-state index contributed by atoms with van der Waals surface area (Å²) in [7, 11) is -2.89. The molecule has 0 atom stereocenters. The molecule has 6 heteroatoms. The highest BCUT2D eigenvalue weighted by atomic mass is 32.2. The molecule has 5 nitrogen and oxygen atoms in total. The highest BCUT2D eigenvalue weighted by Gasteiger charge is 2.08. The van der Waals surface area contributed by atoms with E-state index in [1.165, 1.54) is 0 Å². The molecule has 1 aromatic rings. The van der Waals surface area contributed by atoms with Crippen LogP contribution in [-0.2, 0) is 16.3 Å². The van der Waals surface area contributed by atoms with Crippen molar-refractivity contribution in [2.75, 3.05) is 24.6 Å². The van der Waals surface area contributed by atoms with Gasteiger partial charge in [0.05, 0.1) is 11.3 Å². The van der Waals surface area contributed by atoms with Crippen molar-refractivity contribution in [3.8, 4) is 0 Å². The van der Waals surface area contributed by atoms with Gasteiger partial charge in [0.1, 0.15) is 9.84 Å². The molecule has 0 unspecified atom stereocenters. The van der Waals surface area contributed by atoms with Crippen molar-refractivity contribution in [2.45, 2.75) is 19.8 Å². The van der Waals surface area contributed by atoms with Gasteiger partial charge in [-0.25, -0.2) is 13.2 Å². The van der Waals surface area contributed by atoms with Crippen LogP contribution in [0.15, 0.2) is 24.3 Å². The first-order chi connectivity index (χ1) is 9.46. The molecule has 2 N–H and O–H groups in total. The van der Waals surface area contributed by atoms with Gasteiger partial charge in [0.2, 0.25) is 0 Å². The third kappa shape index (κ3) is 5.71. The smallest absolute Gasteiger partial charge is 0.335 e. The molecule has 0 aromatic heterocycles. The first kappa shape index (κ1) is 16.7. The fourth-order valence-electron chi connectivity index (χ4n) is 1.86. The van der Waals surface area contributed by atoms with E-state index in [0.29, 0.717) is 31.5 Å². The van der Waals surface area contributed by atoms with Crippen molar-refractivity contribution in [2.24, 2.45) is 0 Å². The standard InChI is InChI=1S/C14H21NO4S/c1-2-20(18,19)11-5-9-15-10-8-12-6-3-4-7-13(12)14(16)17/h3-4,6-7,15H,2,5,8-11H2,1H3,(H,16,17). The molecule has 20 heavy (non-hydrogen) atoms. The number of rotatable bonds is 9. The number of carbonyl (C=O) groups is 1. The summed E-state index contributed by atoms with van der Waals surface area (Å²) < 4.78 is 22.6. The van der Waals surface area contributed by atoms with E-state index >= 15 is 0 Å². The molecule has 0 amide bonds. The Hall–Kier alpha value is -1.40. The summed E-state index contributed by atoms with van der Waals surface area (Å²) in [5.41, 5.74) is 1.11. The Morgan fingerprint density at radius 1 is 1.25 bits per heavy atom. The molecule has 0 heterocycles. The van der Waals surface area contributed by atoms with Gasteiger partial charge in [0, 0.05) is 5.75 Å². The van der Waals surface area contributed by atoms with Crippen LogP contribution < -0.4 is 5.32 Å². The van der Waals surface area contributed by atoms with Crippen LogP contribution in [0.1, 0.15) is 29.3 Å². The zero-order valence-electron chi connectivity index (χ0n) is 11.6. The predicted octanol–water partition coefficient (Wildman–Crippen LogP) is 1.34. The van der Waals surface area contributed by atoms with Crippen molar-refractivity contribution >= 4 is 15.8 Å². The lowest BCUT2D eigenvalue weighted by Crippen LogP contribution is -2.22. The average molecular weight is 299 g/mol. The van der Waals surface area contributed by atoms with Crippen LogP contribution in [0, 0.1) is 0 Å². The van der Waals surface area contributed by atoms with Gasteiger partial charge in [-0.05, 0) is 37.6 Å². The minimum atomic E-state index is -2.89. The van der Waals surface area contributed by atoms with Crippen molar-refractivity contribution in [3.05, 3.63) is 35.4 Å². The zero-order chi connectivity index (χ0) is 15.0. The summed E-state index contributed by atoms with van der Waals surface area (Å²) in [6.45, 7) is 2.90. The largest absolute Gasteiger partial charge is 0.478 e. The van der Waals surface area contributed by atoms with Gasteiger partial charge in [0.25, 0.3) is 0 Å². The van der Waals surface area contributed by atoms with Crippen LogP contribution in [0.3, 0.4) is 0 Å². The fraction of sp³-hybridized carbons (Fsp3) is 0.500. The molecular formula is C14H21NO4S. The summed E-state index contributed by atoms with van der Waals surface area (Å²) in [5, 5.41) is 12.2. The monoisotopic (exact) mass is 299 g/mol. The molecule has 0 saturated heterocycles. The van der Waals surface area contributed by atoms with Crippen molar-refractivity contribution in [1.82, 2.24) is 5.32 Å². The number of benzene rings is 1. The maximum Gasteiger partial charge on any atom is 0.335 e. The number of nitrogens with one attached hydrogen (secondary N) is 1. The van der Waals surface area contributed by atoms with E-state index in [-0.39, 0.29) is 11.5 Å². The summed E-state index contributed by atoms with van der Waals surface area (Å²) in [4.78, 5) is 11.0. The van der Waals surface area contributed by atoms with Gasteiger partial charge in [-0.3, -0.25) is 0 Å². The lowest BCUT2D eigenvalue weighted by atomic mass is 10.0. The molecule has 0 aliphatic rings. The maximum absolute atomic E-state index is 11.3. The second kappa shape index (κ2) is 8.01. The van der Waals surface area contributed by atoms with Gasteiger partial charge >= 0.3 is 5.97 Å². The number of hydrogen-bond donors (Lipinski definition) is 2. The lowest BCUT2D eigenvalue weighted by Gasteiger charge is -2.07. The number of carboxylic acids is 1. The predicted molar refractivity (Wildman–Crippen MR) is 78.9 cm³/mol. The van der Waals surface area contributed by atoms with E-state index in [9.17, 15) is 13.2 Å². The molecule has 0 aliphatic carbocycles. The van der Waals surface area contributed by atoms with Crippen LogP contribution in [0.4, 0.5) is 0 Å². The van der Waals surface area contributed by atoms with Crippen LogP contribution in [0.25, 0.3) is 0 Å². The molecule has 0 bridgehead atoms. The van der Waals surface area contributed by atoms with Gasteiger partial charge in [-0.2, -0.15) is 0 Å². The van der Waals surface area contributed by atoms with E-state index in [1.807, 2.05) is 6.07 Å². The molecular weight excluding hydrogens is 278 g/mol. The zero-order valence-corrected chi connectivity index (χ0v) is 12.4. The van der Waals surface area contributed by atoms with Crippen LogP contribution in [0.5, 0.6) is 0 Å². The highest BCUT2D eigenvalue weighted by Crippen LogP contribution is 2.08. The minimum Gasteiger partial charge on any atom is -0.478 e. The molecule has 0 aliphatic heterocycles. The summed E-state index contributed by atoms with van der Waals surface area (Å²) in [6.07, 6.45) is 1.19. The first-order valence-corrected chi connectivity index (χ1v) is 8.50.